The Morgan fingerprint density at radius 3 is 1.83 bits per heavy atom. The van der Waals surface area contributed by atoms with Crippen LogP contribution < -0.4 is 5.73 Å². The van der Waals surface area contributed by atoms with Crippen LogP contribution in [0.5, 0.6) is 0 Å². The number of amides is 1. The van der Waals surface area contributed by atoms with E-state index in [0.717, 1.165) is 18.8 Å². The van der Waals surface area contributed by atoms with Crippen molar-refractivity contribution in [1.82, 2.24) is 0 Å². The van der Waals surface area contributed by atoms with Crippen LogP contribution in [0.15, 0.2) is 12.7 Å². The van der Waals surface area contributed by atoms with Gasteiger partial charge in [0.15, 0.2) is 0 Å². The predicted octanol–water partition coefficient (Wildman–Crippen LogP) is 6.54. The SMILES string of the molecule is C=CCC(CCCCCC)CCCCCCCCCCC(N)=O. The lowest BCUT2D eigenvalue weighted by molar-refractivity contribution is -0.118. The summed E-state index contributed by atoms with van der Waals surface area (Å²) in [5, 5.41) is 0. The molecule has 0 rings (SSSR count). The van der Waals surface area contributed by atoms with Crippen LogP contribution in [0, 0.1) is 5.92 Å². The van der Waals surface area contributed by atoms with Gasteiger partial charge in [-0.1, -0.05) is 96.5 Å². The van der Waals surface area contributed by atoms with Gasteiger partial charge in [0.25, 0.3) is 0 Å². The van der Waals surface area contributed by atoms with Crippen LogP contribution in [0.2, 0.25) is 0 Å². The van der Waals surface area contributed by atoms with Gasteiger partial charge in [-0.05, 0) is 18.8 Å². The molecule has 0 aromatic carbocycles. The summed E-state index contributed by atoms with van der Waals surface area (Å²) in [6.07, 6.45) is 22.3. The first kappa shape index (κ1) is 22.2. The monoisotopic (exact) mass is 323 g/mol. The minimum absolute atomic E-state index is 0.159. The summed E-state index contributed by atoms with van der Waals surface area (Å²) in [5.74, 6) is 0.715. The molecule has 1 atom stereocenters. The standard InChI is InChI=1S/C21H41NO/c1-3-5-6-13-17-20(16-4-2)18-14-11-9-7-8-10-12-15-19-21(22)23/h4,20H,2-3,5-19H2,1H3,(H2,22,23). The van der Waals surface area contributed by atoms with E-state index >= 15 is 0 Å². The Hall–Kier alpha value is -0.790. The van der Waals surface area contributed by atoms with Crippen molar-refractivity contribution in [2.75, 3.05) is 0 Å². The van der Waals surface area contributed by atoms with E-state index in [2.05, 4.69) is 19.6 Å². The van der Waals surface area contributed by atoms with Crippen LogP contribution in [-0.2, 0) is 4.79 Å². The second-order valence-corrected chi connectivity index (χ2v) is 7.07. The van der Waals surface area contributed by atoms with E-state index in [1.165, 1.54) is 83.5 Å². The molecule has 0 fully saturated rings. The minimum atomic E-state index is -0.159. The fourth-order valence-electron chi connectivity index (χ4n) is 3.27. The molecular formula is C21H41NO. The van der Waals surface area contributed by atoms with E-state index in [-0.39, 0.29) is 5.91 Å². The van der Waals surface area contributed by atoms with E-state index < -0.39 is 0 Å². The minimum Gasteiger partial charge on any atom is -0.370 e. The van der Waals surface area contributed by atoms with Gasteiger partial charge >= 0.3 is 0 Å². The molecule has 0 saturated heterocycles. The predicted molar refractivity (Wildman–Crippen MR) is 102 cm³/mol. The molecule has 0 aliphatic rings. The molecular weight excluding hydrogens is 282 g/mol. The first-order valence-electron chi connectivity index (χ1n) is 10.1. The zero-order chi connectivity index (χ0) is 17.2. The Morgan fingerprint density at radius 1 is 0.870 bits per heavy atom. The van der Waals surface area contributed by atoms with Crippen molar-refractivity contribution in [1.29, 1.82) is 0 Å². The molecule has 0 aromatic rings. The van der Waals surface area contributed by atoms with Crippen molar-refractivity contribution in [3.8, 4) is 0 Å². The first-order chi connectivity index (χ1) is 11.2. The Bertz CT molecular complexity index is 275. The van der Waals surface area contributed by atoms with Crippen LogP contribution in [0.4, 0.5) is 0 Å². The van der Waals surface area contributed by atoms with E-state index in [9.17, 15) is 4.79 Å². The maximum Gasteiger partial charge on any atom is 0.217 e. The topological polar surface area (TPSA) is 43.1 Å². The molecule has 23 heavy (non-hydrogen) atoms. The molecule has 136 valence electrons. The second kappa shape index (κ2) is 17.6. The number of hydrogen-bond donors (Lipinski definition) is 1. The number of nitrogens with two attached hydrogens (primary N) is 1. The lowest BCUT2D eigenvalue weighted by Gasteiger charge is -2.14. The average molecular weight is 324 g/mol. The van der Waals surface area contributed by atoms with E-state index in [1.54, 1.807) is 0 Å². The number of unbranched alkanes of at least 4 members (excludes halogenated alkanes) is 10. The highest BCUT2D eigenvalue weighted by molar-refractivity contribution is 5.73. The second-order valence-electron chi connectivity index (χ2n) is 7.07. The van der Waals surface area contributed by atoms with E-state index in [0.29, 0.717) is 6.42 Å². The summed E-state index contributed by atoms with van der Waals surface area (Å²) in [4.78, 5) is 10.6. The zero-order valence-electron chi connectivity index (χ0n) is 15.7. The Morgan fingerprint density at radius 2 is 1.35 bits per heavy atom. The van der Waals surface area contributed by atoms with Gasteiger partial charge < -0.3 is 5.73 Å². The number of primary amides is 1. The van der Waals surface area contributed by atoms with Crippen LogP contribution in [0.1, 0.15) is 110 Å². The maximum atomic E-state index is 10.6. The third-order valence-electron chi connectivity index (χ3n) is 4.75. The van der Waals surface area contributed by atoms with Gasteiger partial charge in [0.05, 0.1) is 0 Å². The normalized spacial score (nSPS) is 12.2. The molecule has 2 nitrogen and oxygen atoms in total. The number of carbonyl (C=O) groups is 1. The van der Waals surface area contributed by atoms with Crippen molar-refractivity contribution in [3.63, 3.8) is 0 Å². The highest BCUT2D eigenvalue weighted by atomic mass is 16.1. The molecule has 2 heteroatoms. The average Bonchev–Trinajstić information content (AvgIpc) is 2.52. The molecule has 0 radical (unpaired) electrons. The first-order valence-corrected chi connectivity index (χ1v) is 10.1. The summed E-state index contributed by atoms with van der Waals surface area (Å²) in [6.45, 7) is 6.20. The molecule has 0 saturated carbocycles. The fourth-order valence-corrected chi connectivity index (χ4v) is 3.27. The van der Waals surface area contributed by atoms with Crippen LogP contribution in [-0.4, -0.2) is 5.91 Å². The van der Waals surface area contributed by atoms with Gasteiger partial charge in [-0.2, -0.15) is 0 Å². The van der Waals surface area contributed by atoms with E-state index in [1.807, 2.05) is 0 Å². The summed E-state index contributed by atoms with van der Waals surface area (Å²) in [5.41, 5.74) is 5.13. The van der Waals surface area contributed by atoms with Gasteiger partial charge in [0.1, 0.15) is 0 Å². The van der Waals surface area contributed by atoms with E-state index in [4.69, 9.17) is 5.73 Å². The molecule has 0 aliphatic carbocycles. The lowest BCUT2D eigenvalue weighted by Crippen LogP contribution is -2.09. The largest absolute Gasteiger partial charge is 0.370 e. The third kappa shape index (κ3) is 17.4. The van der Waals surface area contributed by atoms with Crippen LogP contribution in [0.3, 0.4) is 0 Å². The molecule has 0 aliphatic heterocycles. The van der Waals surface area contributed by atoms with Gasteiger partial charge in [-0.3, -0.25) is 4.79 Å². The number of carbonyl (C=O) groups excluding carboxylic acids is 1. The number of allylic oxidation sites excluding steroid dienone is 1. The van der Waals surface area contributed by atoms with Gasteiger partial charge in [0, 0.05) is 6.42 Å². The van der Waals surface area contributed by atoms with Gasteiger partial charge in [0.2, 0.25) is 5.91 Å². The van der Waals surface area contributed by atoms with Crippen molar-refractivity contribution in [2.45, 2.75) is 110 Å². The number of rotatable bonds is 18. The summed E-state index contributed by atoms with van der Waals surface area (Å²) < 4.78 is 0. The van der Waals surface area contributed by atoms with Crippen molar-refractivity contribution in [3.05, 3.63) is 12.7 Å². The summed E-state index contributed by atoms with van der Waals surface area (Å²) in [7, 11) is 0. The Balaban J connectivity index is 3.40. The van der Waals surface area contributed by atoms with Crippen LogP contribution in [0.25, 0.3) is 0 Å². The molecule has 0 spiro atoms. The molecule has 2 N–H and O–H groups in total. The Kier molecular flexibility index (Phi) is 17.0. The third-order valence-corrected chi connectivity index (χ3v) is 4.75. The molecule has 0 heterocycles. The Labute approximate surface area is 145 Å². The van der Waals surface area contributed by atoms with Gasteiger partial charge in [-0.15, -0.1) is 6.58 Å². The lowest BCUT2D eigenvalue weighted by atomic mass is 9.91. The molecule has 0 bridgehead atoms. The van der Waals surface area contributed by atoms with Crippen molar-refractivity contribution < 1.29 is 4.79 Å². The molecule has 1 unspecified atom stereocenters. The number of hydrogen-bond acceptors (Lipinski definition) is 1. The smallest absolute Gasteiger partial charge is 0.217 e. The molecule has 0 aromatic heterocycles. The summed E-state index contributed by atoms with van der Waals surface area (Å²) >= 11 is 0. The fraction of sp³-hybridized carbons (Fsp3) is 0.857. The van der Waals surface area contributed by atoms with Crippen molar-refractivity contribution >= 4 is 5.91 Å². The van der Waals surface area contributed by atoms with Crippen molar-refractivity contribution in [2.24, 2.45) is 11.7 Å². The van der Waals surface area contributed by atoms with Gasteiger partial charge in [-0.25, -0.2) is 0 Å². The highest BCUT2D eigenvalue weighted by Crippen LogP contribution is 2.22. The highest BCUT2D eigenvalue weighted by Gasteiger charge is 2.06. The quantitative estimate of drug-likeness (QED) is 0.226. The zero-order valence-corrected chi connectivity index (χ0v) is 15.7. The molecule has 1 amide bonds. The summed E-state index contributed by atoms with van der Waals surface area (Å²) in [6, 6.07) is 0. The maximum absolute atomic E-state index is 10.6. The van der Waals surface area contributed by atoms with Crippen LogP contribution >= 0.6 is 0 Å².